The Labute approximate surface area is 255 Å². The van der Waals surface area contributed by atoms with Gasteiger partial charge in [-0.2, -0.15) is 0 Å². The van der Waals surface area contributed by atoms with E-state index in [-0.39, 0.29) is 11.6 Å². The van der Waals surface area contributed by atoms with E-state index in [1.54, 1.807) is 7.11 Å². The quantitative estimate of drug-likeness (QED) is 0.210. The van der Waals surface area contributed by atoms with Crippen LogP contribution < -0.4 is 19.6 Å². The summed E-state index contributed by atoms with van der Waals surface area (Å²) in [6.07, 6.45) is 3.84. The third-order valence-electron chi connectivity index (χ3n) is 8.15. The van der Waals surface area contributed by atoms with Crippen molar-refractivity contribution >= 4 is 45.7 Å². The third-order valence-corrected chi connectivity index (χ3v) is 9.85. The van der Waals surface area contributed by atoms with E-state index < -0.39 is 0 Å². The van der Waals surface area contributed by atoms with E-state index >= 15 is 0 Å². The zero-order valence-electron chi connectivity index (χ0n) is 23.0. The van der Waals surface area contributed by atoms with Gasteiger partial charge in [-0.3, -0.25) is 9.36 Å². The van der Waals surface area contributed by atoms with Crippen LogP contribution in [-0.4, -0.2) is 16.2 Å². The minimum absolute atomic E-state index is 0.000885. The molecule has 1 aliphatic heterocycles. The van der Waals surface area contributed by atoms with Crippen molar-refractivity contribution in [1.82, 2.24) is 9.13 Å². The predicted octanol–water partition coefficient (Wildman–Crippen LogP) is 6.34. The molecule has 7 rings (SSSR count). The highest BCUT2D eigenvalue weighted by Crippen LogP contribution is 2.41. The van der Waals surface area contributed by atoms with Gasteiger partial charge in [-0.1, -0.05) is 47.7 Å². The number of aromatic nitrogens is 2. The van der Waals surface area contributed by atoms with Crippen LogP contribution in [0.25, 0.3) is 17.5 Å². The molecular weight excluding hydrogens is 641 g/mol. The summed E-state index contributed by atoms with van der Waals surface area (Å²) in [6, 6.07) is 27.1. The van der Waals surface area contributed by atoms with Gasteiger partial charge >= 0.3 is 0 Å². The van der Waals surface area contributed by atoms with Crippen molar-refractivity contribution < 1.29 is 4.74 Å². The topological polar surface area (TPSA) is 48.5 Å². The van der Waals surface area contributed by atoms with Crippen molar-refractivity contribution in [1.29, 1.82) is 0 Å². The molecular formula is C34H28IN3O2S. The van der Waals surface area contributed by atoms with Gasteiger partial charge in [0, 0.05) is 26.2 Å². The molecule has 2 aliphatic rings. The number of nitrogens with zero attached hydrogens (tertiary/aromatic N) is 3. The van der Waals surface area contributed by atoms with Crippen molar-refractivity contribution in [3.63, 3.8) is 0 Å². The second-order valence-electron chi connectivity index (χ2n) is 10.5. The van der Waals surface area contributed by atoms with Crippen LogP contribution in [0.4, 0.5) is 0 Å². The van der Waals surface area contributed by atoms with Crippen LogP contribution in [0, 0.1) is 17.4 Å². The van der Waals surface area contributed by atoms with E-state index in [0.29, 0.717) is 4.53 Å². The number of allylic oxidation sites excluding steroid dienone is 1. The molecule has 3 aromatic carbocycles. The molecule has 0 radical (unpaired) electrons. The molecule has 1 unspecified atom stereocenters. The molecule has 204 valence electrons. The van der Waals surface area contributed by atoms with Crippen molar-refractivity contribution in [2.24, 2.45) is 4.99 Å². The van der Waals surface area contributed by atoms with Crippen LogP contribution in [0.2, 0.25) is 0 Å². The first-order valence-electron chi connectivity index (χ1n) is 13.6. The van der Waals surface area contributed by atoms with Gasteiger partial charge in [0.15, 0.2) is 4.80 Å². The fourth-order valence-corrected chi connectivity index (χ4v) is 7.52. The summed E-state index contributed by atoms with van der Waals surface area (Å²) in [7, 11) is 1.67. The molecule has 0 amide bonds. The standard InChI is InChI=1S/C34H28IN3O2S/c1-20-18-24(21(2)37(20)26-13-11-25(35)12-14-26)19-30-33(39)38-32(23-8-15-27(40-3)16-9-23)29-17-10-22-6-4-5-7-28(22)31(29)36-34(38)41-30/h4-9,11-16,18-19,32H,10,17H2,1-3H3. The molecule has 0 fully saturated rings. The molecule has 2 aromatic heterocycles. The summed E-state index contributed by atoms with van der Waals surface area (Å²) in [5.41, 5.74) is 10.2. The maximum atomic E-state index is 14.2. The summed E-state index contributed by atoms with van der Waals surface area (Å²) < 4.78 is 11.5. The van der Waals surface area contributed by atoms with Gasteiger partial charge < -0.3 is 9.30 Å². The number of rotatable bonds is 4. The van der Waals surface area contributed by atoms with E-state index in [4.69, 9.17) is 9.73 Å². The fraction of sp³-hybridized carbons (Fsp3) is 0.176. The lowest BCUT2D eigenvalue weighted by Crippen LogP contribution is -2.38. The highest BCUT2D eigenvalue weighted by Gasteiger charge is 2.32. The molecule has 0 N–H and O–H groups in total. The first kappa shape index (κ1) is 26.2. The van der Waals surface area contributed by atoms with Crippen LogP contribution in [0.5, 0.6) is 5.75 Å². The molecule has 5 aromatic rings. The SMILES string of the molecule is COc1ccc(C2C3=C(N=c4sc(=Cc5cc(C)n(-c6ccc(I)cc6)c5C)c(=O)n42)c2ccccc2CC3)cc1. The number of halogens is 1. The maximum absolute atomic E-state index is 14.2. The summed E-state index contributed by atoms with van der Waals surface area (Å²) in [5, 5.41) is 0. The lowest BCUT2D eigenvalue weighted by molar-refractivity contribution is 0.414. The zero-order valence-corrected chi connectivity index (χ0v) is 26.0. The van der Waals surface area contributed by atoms with Gasteiger partial charge in [0.25, 0.3) is 5.56 Å². The number of ether oxygens (including phenoxy) is 1. The van der Waals surface area contributed by atoms with E-state index in [1.165, 1.54) is 31.6 Å². The van der Waals surface area contributed by atoms with Crippen LogP contribution in [0.15, 0.2) is 94.2 Å². The van der Waals surface area contributed by atoms with E-state index in [0.717, 1.165) is 57.3 Å². The molecule has 0 saturated heterocycles. The van der Waals surface area contributed by atoms with Gasteiger partial charge in [-0.25, -0.2) is 4.99 Å². The molecule has 1 atom stereocenters. The number of hydrogen-bond donors (Lipinski definition) is 0. The summed E-state index contributed by atoms with van der Waals surface area (Å²) in [6.45, 7) is 4.22. The fourth-order valence-electron chi connectivity index (χ4n) is 6.17. The average molecular weight is 670 g/mol. The Hall–Kier alpha value is -3.69. The summed E-state index contributed by atoms with van der Waals surface area (Å²) in [5.74, 6) is 0.799. The summed E-state index contributed by atoms with van der Waals surface area (Å²) in [4.78, 5) is 20.1. The van der Waals surface area contributed by atoms with Gasteiger partial charge in [0.05, 0.1) is 23.4 Å². The third kappa shape index (κ3) is 4.42. The largest absolute Gasteiger partial charge is 0.497 e. The van der Waals surface area contributed by atoms with Crippen molar-refractivity contribution in [2.75, 3.05) is 7.11 Å². The van der Waals surface area contributed by atoms with Gasteiger partial charge in [-0.05, 0) is 120 Å². The Bertz CT molecular complexity index is 2030. The smallest absolute Gasteiger partial charge is 0.271 e. The molecule has 5 nitrogen and oxygen atoms in total. The molecule has 0 saturated carbocycles. The number of thiazole rings is 1. The van der Waals surface area contributed by atoms with Crippen molar-refractivity contribution in [3.8, 4) is 11.4 Å². The Morgan fingerprint density at radius 3 is 2.51 bits per heavy atom. The normalized spacial score (nSPS) is 16.2. The number of aryl methyl sites for hydroxylation is 2. The molecule has 7 heteroatoms. The predicted molar refractivity (Wildman–Crippen MR) is 174 cm³/mol. The Morgan fingerprint density at radius 2 is 1.76 bits per heavy atom. The lowest BCUT2D eigenvalue weighted by atomic mass is 9.83. The van der Waals surface area contributed by atoms with E-state index in [1.807, 2.05) is 22.8 Å². The van der Waals surface area contributed by atoms with Gasteiger partial charge in [-0.15, -0.1) is 0 Å². The van der Waals surface area contributed by atoms with E-state index in [2.05, 4.69) is 108 Å². The van der Waals surface area contributed by atoms with Crippen LogP contribution in [0.3, 0.4) is 0 Å². The molecule has 41 heavy (non-hydrogen) atoms. The first-order valence-corrected chi connectivity index (χ1v) is 15.5. The number of hydrogen-bond acceptors (Lipinski definition) is 4. The van der Waals surface area contributed by atoms with Crippen molar-refractivity contribution in [2.45, 2.75) is 32.7 Å². The van der Waals surface area contributed by atoms with Crippen molar-refractivity contribution in [3.05, 3.63) is 141 Å². The Balaban J connectivity index is 1.42. The number of methoxy groups -OCH3 is 1. The van der Waals surface area contributed by atoms with Crippen LogP contribution >= 0.6 is 33.9 Å². The molecule has 0 spiro atoms. The summed E-state index contributed by atoms with van der Waals surface area (Å²) >= 11 is 3.80. The van der Waals surface area contributed by atoms with E-state index in [9.17, 15) is 4.79 Å². The second-order valence-corrected chi connectivity index (χ2v) is 12.8. The number of fused-ring (bicyclic) bond motifs is 3. The highest BCUT2D eigenvalue weighted by molar-refractivity contribution is 14.1. The molecule has 1 aliphatic carbocycles. The van der Waals surface area contributed by atoms with Gasteiger partial charge in [0.1, 0.15) is 5.75 Å². The lowest BCUT2D eigenvalue weighted by Gasteiger charge is -2.30. The zero-order chi connectivity index (χ0) is 28.2. The molecule has 3 heterocycles. The van der Waals surface area contributed by atoms with Crippen LogP contribution in [-0.2, 0) is 6.42 Å². The maximum Gasteiger partial charge on any atom is 0.271 e. The van der Waals surface area contributed by atoms with Gasteiger partial charge in [0.2, 0.25) is 0 Å². The highest BCUT2D eigenvalue weighted by atomic mass is 127. The average Bonchev–Trinajstić information content (AvgIpc) is 3.46. The Morgan fingerprint density at radius 1 is 1.00 bits per heavy atom. The minimum Gasteiger partial charge on any atom is -0.497 e. The minimum atomic E-state index is -0.207. The van der Waals surface area contributed by atoms with Crippen LogP contribution in [0.1, 0.15) is 46.1 Å². The monoisotopic (exact) mass is 669 g/mol. The molecule has 0 bridgehead atoms. The second kappa shape index (κ2) is 10.3. The Kier molecular flexibility index (Phi) is 6.59. The first-order chi connectivity index (χ1) is 19.9. The number of benzene rings is 3.